The summed E-state index contributed by atoms with van der Waals surface area (Å²) < 4.78 is 0. The van der Waals surface area contributed by atoms with E-state index in [9.17, 15) is 0 Å². The number of pyridine rings is 2. The number of rotatable bonds is 5. The second-order valence-corrected chi connectivity index (χ2v) is 5.16. The lowest BCUT2D eigenvalue weighted by atomic mass is 10.1. The van der Waals surface area contributed by atoms with Crippen molar-refractivity contribution in [1.82, 2.24) is 30.5 Å². The van der Waals surface area contributed by atoms with E-state index in [1.807, 2.05) is 36.7 Å². The highest BCUT2D eigenvalue weighted by Gasteiger charge is 2.10. The molecule has 0 aliphatic rings. The Hall–Kier alpha value is -2.60. The number of nitrogens with zero attached hydrogens (tertiary/aromatic N) is 4. The van der Waals surface area contributed by atoms with Gasteiger partial charge in [-0.1, -0.05) is 6.07 Å². The van der Waals surface area contributed by atoms with E-state index in [0.717, 1.165) is 11.5 Å². The van der Waals surface area contributed by atoms with E-state index in [0.29, 0.717) is 12.4 Å². The molecule has 2 N–H and O–H groups in total. The largest absolute Gasteiger partial charge is 0.303 e. The number of aromatic amines is 1. The maximum atomic E-state index is 4.46. The molecule has 0 amide bonds. The van der Waals surface area contributed by atoms with E-state index in [2.05, 4.69) is 44.3 Å². The Morgan fingerprint density at radius 2 is 2.14 bits per heavy atom. The fourth-order valence-corrected chi connectivity index (χ4v) is 2.31. The topological polar surface area (TPSA) is 79.4 Å². The second kappa shape index (κ2) is 6.44. The standard InChI is InChI=1S/C16H18N6/c1-11-9-17-8-6-13(11)12(2)19-10-15-20-16(22-21-15)14-5-3-4-7-18-14/h3-9,12,19H,10H2,1-2H3,(H,20,21,22). The Balaban J connectivity index is 1.65. The van der Waals surface area contributed by atoms with Crippen LogP contribution in [0.1, 0.15) is 29.9 Å². The molecule has 0 saturated heterocycles. The molecule has 3 aromatic rings. The third kappa shape index (κ3) is 3.17. The quantitative estimate of drug-likeness (QED) is 0.755. The number of aromatic nitrogens is 5. The fourth-order valence-electron chi connectivity index (χ4n) is 2.31. The van der Waals surface area contributed by atoms with Crippen molar-refractivity contribution in [3.05, 3.63) is 59.8 Å². The molecule has 3 aromatic heterocycles. The molecule has 0 aliphatic carbocycles. The summed E-state index contributed by atoms with van der Waals surface area (Å²) in [6, 6.07) is 7.93. The zero-order valence-electron chi connectivity index (χ0n) is 12.6. The van der Waals surface area contributed by atoms with E-state index in [1.54, 1.807) is 6.20 Å². The average molecular weight is 294 g/mol. The first-order chi connectivity index (χ1) is 10.7. The summed E-state index contributed by atoms with van der Waals surface area (Å²) in [5.41, 5.74) is 3.18. The van der Waals surface area contributed by atoms with Crippen LogP contribution in [-0.2, 0) is 6.54 Å². The summed E-state index contributed by atoms with van der Waals surface area (Å²) in [5, 5.41) is 10.6. The average Bonchev–Trinajstić information content (AvgIpc) is 3.03. The molecule has 0 spiro atoms. The third-order valence-electron chi connectivity index (χ3n) is 3.53. The summed E-state index contributed by atoms with van der Waals surface area (Å²) in [7, 11) is 0. The number of aryl methyl sites for hydroxylation is 1. The van der Waals surface area contributed by atoms with Gasteiger partial charge in [-0.2, -0.15) is 5.10 Å². The van der Waals surface area contributed by atoms with Crippen LogP contribution >= 0.6 is 0 Å². The minimum atomic E-state index is 0.214. The van der Waals surface area contributed by atoms with E-state index in [-0.39, 0.29) is 6.04 Å². The molecule has 1 atom stereocenters. The van der Waals surface area contributed by atoms with Gasteiger partial charge in [-0.05, 0) is 43.2 Å². The first-order valence-electron chi connectivity index (χ1n) is 7.20. The second-order valence-electron chi connectivity index (χ2n) is 5.16. The van der Waals surface area contributed by atoms with Gasteiger partial charge < -0.3 is 5.32 Å². The van der Waals surface area contributed by atoms with Crippen LogP contribution in [0.4, 0.5) is 0 Å². The molecule has 6 heteroatoms. The Morgan fingerprint density at radius 1 is 1.23 bits per heavy atom. The van der Waals surface area contributed by atoms with Gasteiger partial charge in [-0.3, -0.25) is 15.1 Å². The molecule has 0 bridgehead atoms. The molecule has 0 saturated carbocycles. The zero-order valence-corrected chi connectivity index (χ0v) is 12.6. The van der Waals surface area contributed by atoms with Crippen molar-refractivity contribution >= 4 is 0 Å². The maximum Gasteiger partial charge on any atom is 0.199 e. The molecule has 3 rings (SSSR count). The van der Waals surface area contributed by atoms with Gasteiger partial charge in [0.25, 0.3) is 0 Å². The van der Waals surface area contributed by atoms with E-state index in [4.69, 9.17) is 0 Å². The van der Waals surface area contributed by atoms with E-state index < -0.39 is 0 Å². The van der Waals surface area contributed by atoms with Gasteiger partial charge >= 0.3 is 0 Å². The van der Waals surface area contributed by atoms with Gasteiger partial charge in [0.2, 0.25) is 0 Å². The lowest BCUT2D eigenvalue weighted by molar-refractivity contribution is 0.557. The molecule has 0 fully saturated rings. The maximum absolute atomic E-state index is 4.46. The van der Waals surface area contributed by atoms with Crippen LogP contribution in [0, 0.1) is 6.92 Å². The summed E-state index contributed by atoms with van der Waals surface area (Å²) >= 11 is 0. The summed E-state index contributed by atoms with van der Waals surface area (Å²) in [5.74, 6) is 1.41. The lowest BCUT2D eigenvalue weighted by Gasteiger charge is -2.15. The molecule has 0 radical (unpaired) electrons. The first-order valence-corrected chi connectivity index (χ1v) is 7.20. The Labute approximate surface area is 129 Å². The van der Waals surface area contributed by atoms with Gasteiger partial charge in [0.05, 0.1) is 6.54 Å². The van der Waals surface area contributed by atoms with Gasteiger partial charge in [-0.15, -0.1) is 0 Å². The smallest absolute Gasteiger partial charge is 0.199 e. The van der Waals surface area contributed by atoms with Crippen LogP contribution in [0.15, 0.2) is 42.9 Å². The highest BCUT2D eigenvalue weighted by atomic mass is 15.2. The molecule has 1 unspecified atom stereocenters. The number of nitrogens with one attached hydrogen (secondary N) is 2. The molecule has 112 valence electrons. The summed E-state index contributed by atoms with van der Waals surface area (Å²) in [4.78, 5) is 12.8. The van der Waals surface area contributed by atoms with Crippen LogP contribution in [0.3, 0.4) is 0 Å². The molecule has 6 nitrogen and oxygen atoms in total. The summed E-state index contributed by atoms with van der Waals surface area (Å²) in [6.45, 7) is 4.80. The Morgan fingerprint density at radius 3 is 2.91 bits per heavy atom. The molecular formula is C16H18N6. The van der Waals surface area contributed by atoms with Crippen molar-refractivity contribution in [2.75, 3.05) is 0 Å². The van der Waals surface area contributed by atoms with Crippen LogP contribution in [0.25, 0.3) is 11.5 Å². The fraction of sp³-hybridized carbons (Fsp3) is 0.250. The van der Waals surface area contributed by atoms with Crippen LogP contribution in [-0.4, -0.2) is 25.1 Å². The zero-order chi connectivity index (χ0) is 15.4. The molecule has 3 heterocycles. The summed E-state index contributed by atoms with van der Waals surface area (Å²) in [6.07, 6.45) is 5.42. The number of hydrogen-bond acceptors (Lipinski definition) is 5. The van der Waals surface area contributed by atoms with Crippen molar-refractivity contribution in [2.24, 2.45) is 0 Å². The third-order valence-corrected chi connectivity index (χ3v) is 3.53. The SMILES string of the molecule is Cc1cnccc1C(C)NCc1nc(-c2ccccn2)n[nH]1. The van der Waals surface area contributed by atoms with Crippen molar-refractivity contribution in [1.29, 1.82) is 0 Å². The first kappa shape index (κ1) is 14.3. The van der Waals surface area contributed by atoms with Gasteiger partial charge in [0.15, 0.2) is 5.82 Å². The Bertz CT molecular complexity index is 737. The predicted octanol–water partition coefficient (Wildman–Crippen LogP) is 2.42. The van der Waals surface area contributed by atoms with Crippen molar-refractivity contribution in [3.8, 4) is 11.5 Å². The molecule has 0 aromatic carbocycles. The highest BCUT2D eigenvalue weighted by molar-refractivity contribution is 5.47. The lowest BCUT2D eigenvalue weighted by Crippen LogP contribution is -2.19. The van der Waals surface area contributed by atoms with Gasteiger partial charge in [-0.25, -0.2) is 4.98 Å². The van der Waals surface area contributed by atoms with Crippen molar-refractivity contribution < 1.29 is 0 Å². The van der Waals surface area contributed by atoms with Gasteiger partial charge in [0.1, 0.15) is 11.5 Å². The minimum Gasteiger partial charge on any atom is -0.303 e. The van der Waals surface area contributed by atoms with Crippen LogP contribution in [0.5, 0.6) is 0 Å². The van der Waals surface area contributed by atoms with Crippen molar-refractivity contribution in [3.63, 3.8) is 0 Å². The van der Waals surface area contributed by atoms with Gasteiger partial charge in [0, 0.05) is 24.6 Å². The van der Waals surface area contributed by atoms with E-state index in [1.165, 1.54) is 11.1 Å². The molecule has 22 heavy (non-hydrogen) atoms. The van der Waals surface area contributed by atoms with Crippen LogP contribution in [0.2, 0.25) is 0 Å². The predicted molar refractivity (Wildman–Crippen MR) is 83.8 cm³/mol. The van der Waals surface area contributed by atoms with Crippen LogP contribution < -0.4 is 5.32 Å². The van der Waals surface area contributed by atoms with Crippen molar-refractivity contribution in [2.45, 2.75) is 26.4 Å². The monoisotopic (exact) mass is 294 g/mol. The Kier molecular flexibility index (Phi) is 4.20. The normalized spacial score (nSPS) is 12.3. The molecule has 0 aliphatic heterocycles. The molecular weight excluding hydrogens is 276 g/mol. The number of H-pyrrole nitrogens is 1. The highest BCUT2D eigenvalue weighted by Crippen LogP contribution is 2.16. The van der Waals surface area contributed by atoms with E-state index >= 15 is 0 Å². The minimum absolute atomic E-state index is 0.214. The number of hydrogen-bond donors (Lipinski definition) is 2.